The molecule has 5 rings (SSSR count). The maximum atomic E-state index is 6.31. The van der Waals surface area contributed by atoms with Crippen LogP contribution in [0.25, 0.3) is 21.9 Å². The molecular weight excluding hydrogens is 320 g/mol. The summed E-state index contributed by atoms with van der Waals surface area (Å²) < 4.78 is 6.31. The second-order valence-corrected chi connectivity index (χ2v) is 7.18. The molecule has 0 atom stereocenters. The summed E-state index contributed by atoms with van der Waals surface area (Å²) >= 11 is 0. The van der Waals surface area contributed by atoms with Gasteiger partial charge in [0.1, 0.15) is 12.3 Å². The quantitative estimate of drug-likeness (QED) is 0.422. The number of hydrogen-bond donors (Lipinski definition) is 0. The van der Waals surface area contributed by atoms with Crippen LogP contribution in [0.1, 0.15) is 19.4 Å². The SMILES string of the molecule is Cc1ccc2c(oc3ccccc32)c1N1[CH]N(C(C)C)c2ccccc21. The zero-order valence-electron chi connectivity index (χ0n) is 15.2. The third-order valence-corrected chi connectivity index (χ3v) is 5.18. The van der Waals surface area contributed by atoms with Gasteiger partial charge in [-0.1, -0.05) is 42.5 Å². The fourth-order valence-corrected chi connectivity index (χ4v) is 3.90. The summed E-state index contributed by atoms with van der Waals surface area (Å²) in [6, 6.07) is 21.5. The van der Waals surface area contributed by atoms with Gasteiger partial charge < -0.3 is 14.2 Å². The third-order valence-electron chi connectivity index (χ3n) is 5.18. The highest BCUT2D eigenvalue weighted by molar-refractivity contribution is 6.11. The highest BCUT2D eigenvalue weighted by Crippen LogP contribution is 2.47. The molecule has 0 bridgehead atoms. The van der Waals surface area contributed by atoms with Gasteiger partial charge >= 0.3 is 0 Å². The maximum absolute atomic E-state index is 6.31. The van der Waals surface area contributed by atoms with Gasteiger partial charge in [-0.3, -0.25) is 0 Å². The number of rotatable bonds is 2. The van der Waals surface area contributed by atoms with Gasteiger partial charge in [-0.15, -0.1) is 0 Å². The Balaban J connectivity index is 1.78. The summed E-state index contributed by atoms with van der Waals surface area (Å²) in [5, 5.41) is 2.33. The van der Waals surface area contributed by atoms with Crippen LogP contribution >= 0.6 is 0 Å². The minimum atomic E-state index is 0.385. The summed E-state index contributed by atoms with van der Waals surface area (Å²) in [5.74, 6) is 0. The molecule has 0 N–H and O–H groups in total. The van der Waals surface area contributed by atoms with E-state index in [9.17, 15) is 0 Å². The predicted molar refractivity (Wildman–Crippen MR) is 109 cm³/mol. The van der Waals surface area contributed by atoms with Crippen LogP contribution in [0.15, 0.2) is 65.1 Å². The number of aryl methyl sites for hydroxylation is 1. The fourth-order valence-electron chi connectivity index (χ4n) is 3.90. The van der Waals surface area contributed by atoms with Gasteiger partial charge in [-0.2, -0.15) is 0 Å². The van der Waals surface area contributed by atoms with Crippen LogP contribution in [0.4, 0.5) is 17.1 Å². The van der Waals surface area contributed by atoms with Crippen LogP contribution in [-0.2, 0) is 0 Å². The van der Waals surface area contributed by atoms with Crippen LogP contribution in [0, 0.1) is 13.6 Å². The molecule has 0 saturated carbocycles. The Kier molecular flexibility index (Phi) is 3.26. The summed E-state index contributed by atoms with van der Waals surface area (Å²) in [4.78, 5) is 4.59. The van der Waals surface area contributed by atoms with Crippen molar-refractivity contribution >= 4 is 39.0 Å². The van der Waals surface area contributed by atoms with E-state index < -0.39 is 0 Å². The highest BCUT2D eigenvalue weighted by Gasteiger charge is 2.31. The molecule has 0 amide bonds. The van der Waals surface area contributed by atoms with Crippen molar-refractivity contribution in [2.45, 2.75) is 26.8 Å². The van der Waals surface area contributed by atoms with Crippen LogP contribution < -0.4 is 9.80 Å². The molecule has 129 valence electrons. The Bertz CT molecular complexity index is 1130. The maximum Gasteiger partial charge on any atom is 0.159 e. The van der Waals surface area contributed by atoms with Crippen LogP contribution in [0.5, 0.6) is 0 Å². The molecule has 1 radical (unpaired) electrons. The van der Waals surface area contributed by atoms with Crippen molar-refractivity contribution < 1.29 is 4.42 Å². The van der Waals surface area contributed by atoms with E-state index in [0.29, 0.717) is 6.04 Å². The van der Waals surface area contributed by atoms with Gasteiger partial charge in [0.05, 0.1) is 17.1 Å². The van der Waals surface area contributed by atoms with Crippen molar-refractivity contribution in [1.82, 2.24) is 0 Å². The van der Waals surface area contributed by atoms with E-state index in [4.69, 9.17) is 4.42 Å². The summed E-state index contributed by atoms with van der Waals surface area (Å²) in [6.07, 6.45) is 0. The molecule has 3 nitrogen and oxygen atoms in total. The lowest BCUT2D eigenvalue weighted by atomic mass is 10.1. The summed E-state index contributed by atoms with van der Waals surface area (Å²) in [5.41, 5.74) is 6.63. The Labute approximate surface area is 153 Å². The first kappa shape index (κ1) is 15.3. The van der Waals surface area contributed by atoms with E-state index in [1.54, 1.807) is 0 Å². The number of benzene rings is 3. The van der Waals surface area contributed by atoms with Crippen molar-refractivity contribution in [2.75, 3.05) is 9.80 Å². The molecular formula is C23H21N2O. The molecule has 3 aromatic carbocycles. The minimum Gasteiger partial charge on any atom is -0.454 e. The number of fused-ring (bicyclic) bond motifs is 4. The normalized spacial score (nSPS) is 14.0. The topological polar surface area (TPSA) is 19.6 Å². The first-order valence-corrected chi connectivity index (χ1v) is 9.07. The zero-order valence-corrected chi connectivity index (χ0v) is 15.2. The molecule has 3 heteroatoms. The summed E-state index contributed by atoms with van der Waals surface area (Å²) in [6.45, 7) is 8.78. The average molecular weight is 341 g/mol. The molecule has 1 aromatic heterocycles. The molecule has 0 fully saturated rings. The van der Waals surface area contributed by atoms with Crippen LogP contribution in [0.2, 0.25) is 0 Å². The number of nitrogens with zero attached hydrogens (tertiary/aromatic N) is 2. The van der Waals surface area contributed by atoms with E-state index in [2.05, 4.69) is 85.8 Å². The summed E-state index contributed by atoms with van der Waals surface area (Å²) in [7, 11) is 0. The number of furan rings is 1. The van der Waals surface area contributed by atoms with E-state index in [-0.39, 0.29) is 0 Å². The smallest absolute Gasteiger partial charge is 0.159 e. The second-order valence-electron chi connectivity index (χ2n) is 7.18. The van der Waals surface area contributed by atoms with E-state index in [1.165, 1.54) is 16.9 Å². The van der Waals surface area contributed by atoms with Gasteiger partial charge in [-0.05, 0) is 44.5 Å². The molecule has 0 unspecified atom stereocenters. The van der Waals surface area contributed by atoms with Crippen LogP contribution in [-0.4, -0.2) is 6.04 Å². The highest BCUT2D eigenvalue weighted by atomic mass is 16.3. The van der Waals surface area contributed by atoms with Crippen LogP contribution in [0.3, 0.4) is 0 Å². The molecule has 0 saturated heterocycles. The molecule has 0 aliphatic carbocycles. The lowest BCUT2D eigenvalue weighted by molar-refractivity contribution is 0.667. The van der Waals surface area contributed by atoms with Crippen molar-refractivity contribution in [2.24, 2.45) is 0 Å². The van der Waals surface area contributed by atoms with Crippen molar-refractivity contribution in [3.63, 3.8) is 0 Å². The van der Waals surface area contributed by atoms with Gasteiger partial charge in [-0.25, -0.2) is 0 Å². The Morgan fingerprint density at radius 3 is 2.35 bits per heavy atom. The predicted octanol–water partition coefficient (Wildman–Crippen LogP) is 6.38. The molecule has 1 aliphatic heterocycles. The average Bonchev–Trinajstić information content (AvgIpc) is 3.20. The largest absolute Gasteiger partial charge is 0.454 e. The number of para-hydroxylation sites is 3. The molecule has 1 aliphatic rings. The molecule has 4 aromatic rings. The first-order valence-electron chi connectivity index (χ1n) is 9.07. The van der Waals surface area contributed by atoms with Gasteiger partial charge in [0.2, 0.25) is 0 Å². The Hall–Kier alpha value is -2.94. The van der Waals surface area contributed by atoms with Gasteiger partial charge in [0.25, 0.3) is 0 Å². The molecule has 2 heterocycles. The first-order chi connectivity index (χ1) is 12.6. The van der Waals surface area contributed by atoms with Gasteiger partial charge in [0, 0.05) is 16.8 Å². The van der Waals surface area contributed by atoms with E-state index in [1.807, 2.05) is 12.1 Å². The number of anilines is 3. The molecule has 0 spiro atoms. The lowest BCUT2D eigenvalue weighted by Crippen LogP contribution is -2.28. The zero-order chi connectivity index (χ0) is 17.8. The van der Waals surface area contributed by atoms with Gasteiger partial charge in [0.15, 0.2) is 5.58 Å². The Morgan fingerprint density at radius 2 is 1.54 bits per heavy atom. The van der Waals surface area contributed by atoms with E-state index in [0.717, 1.165) is 27.6 Å². The van der Waals surface area contributed by atoms with Crippen molar-refractivity contribution in [3.8, 4) is 0 Å². The lowest BCUT2D eigenvalue weighted by Gasteiger charge is -2.25. The minimum absolute atomic E-state index is 0.385. The fraction of sp³-hybridized carbons (Fsp3) is 0.174. The van der Waals surface area contributed by atoms with Crippen molar-refractivity contribution in [1.29, 1.82) is 0 Å². The third kappa shape index (κ3) is 2.07. The second kappa shape index (κ2) is 5.53. The van der Waals surface area contributed by atoms with E-state index >= 15 is 0 Å². The standard InChI is InChI=1S/C23H21N2O/c1-15(2)24-14-25(20-10-6-5-9-19(20)24)22-16(3)12-13-18-17-8-4-7-11-21(17)26-23(18)22/h4-15H,1-3H3. The number of hydrogen-bond acceptors (Lipinski definition) is 3. The monoisotopic (exact) mass is 341 g/mol. The Morgan fingerprint density at radius 1 is 0.808 bits per heavy atom. The molecule has 26 heavy (non-hydrogen) atoms. The van der Waals surface area contributed by atoms with Crippen molar-refractivity contribution in [3.05, 3.63) is 72.9 Å².